The molecular weight excluding hydrogens is 405 g/mol. The molecule has 3 N–H and O–H groups in total. The Morgan fingerprint density at radius 1 is 1.19 bits per heavy atom. The fourth-order valence-corrected chi connectivity index (χ4v) is 3.51. The fourth-order valence-electron chi connectivity index (χ4n) is 2.31. The van der Waals surface area contributed by atoms with E-state index in [1.54, 1.807) is 18.2 Å². The number of carbonyl (C=O) groups excluding carboxylic acids is 1. The van der Waals surface area contributed by atoms with Gasteiger partial charge in [-0.15, -0.1) is 11.3 Å². The number of hydrogen-bond donors (Lipinski definition) is 2. The number of benzene rings is 2. The van der Waals surface area contributed by atoms with E-state index < -0.39 is 0 Å². The molecular formula is C19H17Cl2N3O2S. The molecule has 0 aliphatic heterocycles. The first-order chi connectivity index (χ1) is 13.0. The molecule has 0 aliphatic carbocycles. The second-order valence-electron chi connectivity index (χ2n) is 5.73. The van der Waals surface area contributed by atoms with Crippen LogP contribution in [0.5, 0.6) is 5.75 Å². The minimum Gasteiger partial charge on any atom is -0.492 e. The Bertz CT molecular complexity index is 929. The first-order valence-corrected chi connectivity index (χ1v) is 9.84. The minimum absolute atomic E-state index is 0.112. The van der Waals surface area contributed by atoms with Gasteiger partial charge >= 0.3 is 0 Å². The number of amides is 1. The number of hydrogen-bond acceptors (Lipinski definition) is 5. The zero-order valence-corrected chi connectivity index (χ0v) is 16.6. The topological polar surface area (TPSA) is 77.2 Å². The minimum atomic E-state index is -0.112. The summed E-state index contributed by atoms with van der Waals surface area (Å²) in [4.78, 5) is 16.5. The first-order valence-electron chi connectivity index (χ1n) is 8.20. The fraction of sp³-hybridized carbons (Fsp3) is 0.158. The van der Waals surface area contributed by atoms with Crippen LogP contribution in [0.25, 0.3) is 11.3 Å². The molecule has 0 atom stereocenters. The van der Waals surface area contributed by atoms with Gasteiger partial charge in [0.15, 0.2) is 5.13 Å². The van der Waals surface area contributed by atoms with Crippen LogP contribution in [0.3, 0.4) is 0 Å². The van der Waals surface area contributed by atoms with Crippen molar-refractivity contribution in [1.82, 2.24) is 4.98 Å². The van der Waals surface area contributed by atoms with E-state index in [9.17, 15) is 4.79 Å². The summed E-state index contributed by atoms with van der Waals surface area (Å²) in [5.74, 6) is 0.438. The first kappa shape index (κ1) is 19.5. The predicted molar refractivity (Wildman–Crippen MR) is 112 cm³/mol. The van der Waals surface area contributed by atoms with Crippen LogP contribution >= 0.6 is 34.5 Å². The van der Waals surface area contributed by atoms with Gasteiger partial charge in [0.2, 0.25) is 5.91 Å². The van der Waals surface area contributed by atoms with E-state index in [1.807, 2.05) is 29.6 Å². The highest BCUT2D eigenvalue weighted by molar-refractivity contribution is 7.14. The number of halogens is 2. The lowest BCUT2D eigenvalue weighted by Gasteiger charge is -2.08. The number of nitrogen functional groups attached to an aromatic ring is 1. The van der Waals surface area contributed by atoms with Crippen LogP contribution in [0.2, 0.25) is 10.0 Å². The van der Waals surface area contributed by atoms with Gasteiger partial charge in [0.05, 0.1) is 17.3 Å². The Hall–Kier alpha value is -2.28. The van der Waals surface area contributed by atoms with E-state index in [0.717, 1.165) is 11.3 Å². The lowest BCUT2D eigenvalue weighted by atomic mass is 10.1. The van der Waals surface area contributed by atoms with Gasteiger partial charge in [0, 0.05) is 28.1 Å². The average molecular weight is 422 g/mol. The number of thiazole rings is 1. The van der Waals surface area contributed by atoms with Crippen molar-refractivity contribution in [3.05, 3.63) is 57.9 Å². The maximum atomic E-state index is 12.1. The molecule has 0 radical (unpaired) electrons. The van der Waals surface area contributed by atoms with Crippen molar-refractivity contribution < 1.29 is 9.53 Å². The van der Waals surface area contributed by atoms with Gasteiger partial charge in [-0.2, -0.15) is 0 Å². The number of nitrogens with zero attached hydrogens (tertiary/aromatic N) is 1. The Morgan fingerprint density at radius 2 is 1.96 bits per heavy atom. The molecule has 0 unspecified atom stereocenters. The van der Waals surface area contributed by atoms with Gasteiger partial charge in [0.25, 0.3) is 0 Å². The number of ether oxygens (including phenoxy) is 1. The summed E-state index contributed by atoms with van der Waals surface area (Å²) in [6, 6.07) is 12.5. The highest BCUT2D eigenvalue weighted by atomic mass is 35.5. The Morgan fingerprint density at radius 3 is 2.70 bits per heavy atom. The smallest absolute Gasteiger partial charge is 0.226 e. The summed E-state index contributed by atoms with van der Waals surface area (Å²) in [7, 11) is 0. The molecule has 1 heterocycles. The predicted octanol–water partition coefficient (Wildman–Crippen LogP) is 5.50. The van der Waals surface area contributed by atoms with Gasteiger partial charge in [-0.05, 0) is 36.8 Å². The van der Waals surface area contributed by atoms with Crippen LogP contribution in [-0.2, 0) is 4.79 Å². The van der Waals surface area contributed by atoms with Crippen molar-refractivity contribution in [2.75, 3.05) is 17.7 Å². The number of nitrogens with one attached hydrogen (secondary N) is 1. The third kappa shape index (κ3) is 5.60. The van der Waals surface area contributed by atoms with E-state index in [4.69, 9.17) is 33.7 Å². The highest BCUT2D eigenvalue weighted by Crippen LogP contribution is 2.28. The molecule has 0 bridgehead atoms. The molecule has 0 aliphatic rings. The van der Waals surface area contributed by atoms with E-state index in [0.29, 0.717) is 46.1 Å². The van der Waals surface area contributed by atoms with E-state index in [1.165, 1.54) is 11.3 Å². The van der Waals surface area contributed by atoms with Gasteiger partial charge in [0.1, 0.15) is 5.75 Å². The third-order valence-corrected chi connectivity index (χ3v) is 4.94. The number of nitrogens with two attached hydrogens (primary N) is 1. The summed E-state index contributed by atoms with van der Waals surface area (Å²) < 4.78 is 5.57. The van der Waals surface area contributed by atoms with Crippen molar-refractivity contribution in [3.63, 3.8) is 0 Å². The molecule has 8 heteroatoms. The zero-order valence-electron chi connectivity index (χ0n) is 14.2. The van der Waals surface area contributed by atoms with Crippen LogP contribution in [0.15, 0.2) is 47.8 Å². The standard InChI is InChI=1S/C19H17Cl2N3O2S/c20-13-5-8-17(15(21)10-13)26-9-1-2-18(25)24-19-23-16(11-27-19)12-3-6-14(22)7-4-12/h3-8,10-11H,1-2,9,22H2,(H,23,24,25). The molecule has 27 heavy (non-hydrogen) atoms. The van der Waals surface area contributed by atoms with Gasteiger partial charge in [-0.3, -0.25) is 4.79 Å². The van der Waals surface area contributed by atoms with Gasteiger partial charge < -0.3 is 15.8 Å². The summed E-state index contributed by atoms with van der Waals surface area (Å²) in [6.07, 6.45) is 0.878. The summed E-state index contributed by atoms with van der Waals surface area (Å²) >= 11 is 13.3. The molecule has 0 saturated heterocycles. The molecule has 2 aromatic carbocycles. The van der Waals surface area contributed by atoms with E-state index in [2.05, 4.69) is 10.3 Å². The molecule has 1 amide bonds. The maximum Gasteiger partial charge on any atom is 0.226 e. The largest absolute Gasteiger partial charge is 0.492 e. The number of carbonyl (C=O) groups is 1. The van der Waals surface area contributed by atoms with Crippen LogP contribution in [0.1, 0.15) is 12.8 Å². The van der Waals surface area contributed by atoms with Gasteiger partial charge in [-0.25, -0.2) is 4.98 Å². The third-order valence-electron chi connectivity index (χ3n) is 3.66. The summed E-state index contributed by atoms with van der Waals surface area (Å²) in [6.45, 7) is 0.378. The molecule has 140 valence electrons. The molecule has 0 fully saturated rings. The Kier molecular flexibility index (Phi) is 6.55. The van der Waals surface area contributed by atoms with Crippen LogP contribution in [0, 0.1) is 0 Å². The van der Waals surface area contributed by atoms with Crippen molar-refractivity contribution in [1.29, 1.82) is 0 Å². The summed E-state index contributed by atoms with van der Waals surface area (Å²) in [5, 5.41) is 6.26. The zero-order chi connectivity index (χ0) is 19.2. The molecule has 5 nitrogen and oxygen atoms in total. The lowest BCUT2D eigenvalue weighted by molar-refractivity contribution is -0.116. The second-order valence-corrected chi connectivity index (χ2v) is 7.44. The quantitative estimate of drug-likeness (QED) is 0.390. The average Bonchev–Trinajstić information content (AvgIpc) is 3.09. The molecule has 3 aromatic rings. The molecule has 0 spiro atoms. The van der Waals surface area contributed by atoms with Gasteiger partial charge in [-0.1, -0.05) is 35.3 Å². The maximum absolute atomic E-state index is 12.1. The van der Waals surface area contributed by atoms with Crippen LogP contribution in [0.4, 0.5) is 10.8 Å². The Balaban J connectivity index is 1.45. The van der Waals surface area contributed by atoms with Crippen molar-refractivity contribution in [2.24, 2.45) is 0 Å². The lowest BCUT2D eigenvalue weighted by Crippen LogP contribution is -2.12. The van der Waals surface area contributed by atoms with Crippen molar-refractivity contribution in [3.8, 4) is 17.0 Å². The van der Waals surface area contributed by atoms with E-state index in [-0.39, 0.29) is 5.91 Å². The van der Waals surface area contributed by atoms with Crippen LogP contribution in [-0.4, -0.2) is 17.5 Å². The van der Waals surface area contributed by atoms with Crippen molar-refractivity contribution in [2.45, 2.75) is 12.8 Å². The van der Waals surface area contributed by atoms with Crippen LogP contribution < -0.4 is 15.8 Å². The number of anilines is 2. The van der Waals surface area contributed by atoms with Crippen molar-refractivity contribution >= 4 is 51.3 Å². The SMILES string of the molecule is Nc1ccc(-c2csc(NC(=O)CCCOc3ccc(Cl)cc3Cl)n2)cc1. The number of rotatable bonds is 7. The Labute approximate surface area is 171 Å². The molecule has 1 aromatic heterocycles. The monoisotopic (exact) mass is 421 g/mol. The highest BCUT2D eigenvalue weighted by Gasteiger charge is 2.09. The number of aromatic nitrogens is 1. The summed E-state index contributed by atoms with van der Waals surface area (Å²) in [5.41, 5.74) is 8.14. The normalized spacial score (nSPS) is 10.6. The molecule has 0 saturated carbocycles. The second kappa shape index (κ2) is 9.08. The van der Waals surface area contributed by atoms with E-state index >= 15 is 0 Å². The molecule has 3 rings (SSSR count).